The van der Waals surface area contributed by atoms with Crippen LogP contribution in [0.25, 0.3) is 6.08 Å². The third-order valence-electron chi connectivity index (χ3n) is 4.66. The Balaban J connectivity index is 2.39. The first kappa shape index (κ1) is 20.5. The van der Waals surface area contributed by atoms with E-state index in [1.165, 1.54) is 13.0 Å². The molecule has 0 amide bonds. The van der Waals surface area contributed by atoms with Crippen molar-refractivity contribution in [2.24, 2.45) is 0 Å². The molecule has 1 heterocycles. The molecule has 0 saturated carbocycles. The average molecular weight is 377 g/mol. The number of nitrogens with two attached hydrogens (primary N) is 1. The molecule has 0 atom stereocenters. The zero-order valence-electron chi connectivity index (χ0n) is 15.7. The minimum atomic E-state index is -1.09. The van der Waals surface area contributed by atoms with Gasteiger partial charge in [0.05, 0.1) is 16.8 Å². The Labute approximate surface area is 158 Å². The molecule has 6 nitrogen and oxygen atoms in total. The molecule has 140 valence electrons. The van der Waals surface area contributed by atoms with Crippen molar-refractivity contribution in [2.75, 3.05) is 11.5 Å². The second-order valence-corrected chi connectivity index (χ2v) is 8.39. The van der Waals surface area contributed by atoms with Crippen LogP contribution in [0.5, 0.6) is 0 Å². The molecule has 0 bridgehead atoms. The molecule has 26 heavy (non-hydrogen) atoms. The van der Waals surface area contributed by atoms with Gasteiger partial charge in [-0.05, 0) is 50.9 Å². The van der Waals surface area contributed by atoms with Crippen molar-refractivity contribution in [1.82, 2.24) is 0 Å². The molecule has 1 aliphatic rings. The van der Waals surface area contributed by atoms with Gasteiger partial charge in [0.15, 0.2) is 5.12 Å². The van der Waals surface area contributed by atoms with E-state index in [1.807, 2.05) is 27.7 Å². The van der Waals surface area contributed by atoms with Crippen LogP contribution < -0.4 is 5.73 Å². The van der Waals surface area contributed by atoms with Gasteiger partial charge in [-0.1, -0.05) is 23.9 Å². The molecular formula is C18H24BNO5S. The van der Waals surface area contributed by atoms with Gasteiger partial charge in [-0.2, -0.15) is 0 Å². The van der Waals surface area contributed by atoms with Crippen LogP contribution in [0, 0.1) is 0 Å². The maximum Gasteiger partial charge on any atom is 0.491 e. The van der Waals surface area contributed by atoms with Gasteiger partial charge >= 0.3 is 13.1 Å². The third-order valence-corrected chi connectivity index (χ3v) is 5.54. The highest BCUT2D eigenvalue weighted by atomic mass is 32.2. The predicted molar refractivity (Wildman–Crippen MR) is 105 cm³/mol. The van der Waals surface area contributed by atoms with E-state index >= 15 is 0 Å². The van der Waals surface area contributed by atoms with Crippen molar-refractivity contribution < 1.29 is 24.0 Å². The summed E-state index contributed by atoms with van der Waals surface area (Å²) in [5.74, 6) is -0.702. The number of carbonyl (C=O) groups is 2. The Hall–Kier alpha value is -1.77. The number of hydrogen-bond donors (Lipinski definition) is 2. The van der Waals surface area contributed by atoms with E-state index in [-0.39, 0.29) is 16.4 Å². The van der Waals surface area contributed by atoms with E-state index in [2.05, 4.69) is 0 Å². The van der Waals surface area contributed by atoms with E-state index in [1.54, 1.807) is 18.2 Å². The summed E-state index contributed by atoms with van der Waals surface area (Å²) in [6.07, 6.45) is 1.80. The van der Waals surface area contributed by atoms with E-state index in [9.17, 15) is 14.7 Å². The lowest BCUT2D eigenvalue weighted by atomic mass is 9.78. The molecule has 1 aromatic rings. The number of nitrogen functional groups attached to an aromatic ring is 1. The topological polar surface area (TPSA) is 98.9 Å². The van der Waals surface area contributed by atoms with Crippen molar-refractivity contribution in [1.29, 1.82) is 0 Å². The molecule has 0 aliphatic carbocycles. The molecule has 3 N–H and O–H groups in total. The van der Waals surface area contributed by atoms with Crippen LogP contribution in [0.1, 0.15) is 50.5 Å². The Bertz CT molecular complexity index is 744. The Morgan fingerprint density at radius 1 is 1.23 bits per heavy atom. The summed E-state index contributed by atoms with van der Waals surface area (Å²) >= 11 is 1.15. The van der Waals surface area contributed by atoms with Gasteiger partial charge in [0, 0.05) is 18.4 Å². The van der Waals surface area contributed by atoms with E-state index in [0.717, 1.165) is 17.2 Å². The number of carbonyl (C=O) groups excluding carboxylic acids is 1. The molecule has 0 radical (unpaired) electrons. The summed E-state index contributed by atoms with van der Waals surface area (Å²) in [4.78, 5) is 22.7. The molecule has 0 unspecified atom stereocenters. The molecule has 1 fully saturated rings. The molecule has 1 aliphatic heterocycles. The number of aromatic carboxylic acids is 1. The molecule has 1 aromatic carbocycles. The largest absolute Gasteiger partial charge is 0.491 e. The first-order valence-corrected chi connectivity index (χ1v) is 9.24. The highest BCUT2D eigenvalue weighted by Crippen LogP contribution is 2.39. The van der Waals surface area contributed by atoms with Crippen LogP contribution in [-0.4, -0.2) is 40.3 Å². The number of carboxylic acid groups (broad SMARTS) is 1. The fourth-order valence-corrected chi connectivity index (χ4v) is 3.01. The second-order valence-electron chi connectivity index (χ2n) is 7.24. The smallest absolute Gasteiger partial charge is 0.478 e. The number of rotatable bonds is 5. The molecule has 0 aromatic heterocycles. The Morgan fingerprint density at radius 2 is 1.81 bits per heavy atom. The minimum Gasteiger partial charge on any atom is -0.478 e. The lowest BCUT2D eigenvalue weighted by Crippen LogP contribution is -2.41. The van der Waals surface area contributed by atoms with E-state index in [4.69, 9.17) is 15.0 Å². The third kappa shape index (κ3) is 4.49. The number of carboxylic acids is 1. The quantitative estimate of drug-likeness (QED) is 0.600. The zero-order chi connectivity index (χ0) is 19.7. The van der Waals surface area contributed by atoms with Gasteiger partial charge in [0.1, 0.15) is 0 Å². The maximum atomic E-state index is 11.4. The molecular weight excluding hydrogens is 353 g/mol. The summed E-state index contributed by atoms with van der Waals surface area (Å²) in [5.41, 5.74) is 6.34. The summed E-state index contributed by atoms with van der Waals surface area (Å²) in [6, 6.07) is 4.78. The first-order chi connectivity index (χ1) is 11.9. The van der Waals surface area contributed by atoms with E-state index < -0.39 is 24.3 Å². The van der Waals surface area contributed by atoms with Crippen LogP contribution in [-0.2, 0) is 14.1 Å². The highest BCUT2D eigenvalue weighted by Gasteiger charge is 2.52. The summed E-state index contributed by atoms with van der Waals surface area (Å²) in [7, 11) is -0.613. The van der Waals surface area contributed by atoms with Gasteiger partial charge in [0.2, 0.25) is 0 Å². The van der Waals surface area contributed by atoms with Crippen molar-refractivity contribution in [3.63, 3.8) is 0 Å². The first-order valence-electron chi connectivity index (χ1n) is 8.25. The lowest BCUT2D eigenvalue weighted by Gasteiger charge is -2.32. The van der Waals surface area contributed by atoms with E-state index in [0.29, 0.717) is 11.3 Å². The Morgan fingerprint density at radius 3 is 2.31 bits per heavy atom. The van der Waals surface area contributed by atoms with Crippen LogP contribution in [0.3, 0.4) is 0 Å². The lowest BCUT2D eigenvalue weighted by molar-refractivity contribution is -0.109. The van der Waals surface area contributed by atoms with Crippen molar-refractivity contribution >= 4 is 41.7 Å². The zero-order valence-corrected chi connectivity index (χ0v) is 16.5. The predicted octanol–water partition coefficient (Wildman–Crippen LogP) is 3.26. The van der Waals surface area contributed by atoms with Crippen molar-refractivity contribution in [3.05, 3.63) is 34.8 Å². The molecule has 1 saturated heterocycles. The molecule has 8 heteroatoms. The average Bonchev–Trinajstić information content (AvgIpc) is 2.72. The van der Waals surface area contributed by atoms with Gasteiger partial charge in [-0.15, -0.1) is 0 Å². The standard InChI is InChI=1S/C18H24BNO5S/c1-11(21)26-10-13(19-24-17(2,3)18(4,5)25-19)8-12-6-7-15(20)14(9-12)16(22)23/h6-9H,10,20H2,1-5H3,(H,22,23). The fourth-order valence-electron chi connectivity index (χ4n) is 2.42. The van der Waals surface area contributed by atoms with Gasteiger partial charge in [-0.3, -0.25) is 4.79 Å². The SMILES string of the molecule is CC(=O)SCC(=Cc1ccc(N)c(C(=O)O)c1)B1OC(C)(C)C(C)(C)O1. The van der Waals surface area contributed by atoms with Crippen molar-refractivity contribution in [2.45, 2.75) is 45.8 Å². The Kier molecular flexibility index (Phi) is 5.90. The van der Waals surface area contributed by atoms with Gasteiger partial charge in [0.25, 0.3) is 0 Å². The summed E-state index contributed by atoms with van der Waals surface area (Å²) in [6.45, 7) is 9.31. The second kappa shape index (κ2) is 7.46. The van der Waals surface area contributed by atoms with Crippen molar-refractivity contribution in [3.8, 4) is 0 Å². The number of benzene rings is 1. The number of anilines is 1. The van der Waals surface area contributed by atoms with Gasteiger partial charge in [-0.25, -0.2) is 4.79 Å². The van der Waals surface area contributed by atoms with Crippen LogP contribution in [0.4, 0.5) is 5.69 Å². The number of thioether (sulfide) groups is 1. The summed E-state index contributed by atoms with van der Waals surface area (Å²) < 4.78 is 12.2. The van der Waals surface area contributed by atoms with Gasteiger partial charge < -0.3 is 20.1 Å². The minimum absolute atomic E-state index is 0.0176. The monoisotopic (exact) mass is 377 g/mol. The van der Waals surface area contributed by atoms with Crippen LogP contribution in [0.15, 0.2) is 23.7 Å². The molecule has 2 rings (SSSR count). The molecule has 0 spiro atoms. The number of hydrogen-bond acceptors (Lipinski definition) is 6. The normalized spacial score (nSPS) is 18.8. The highest BCUT2D eigenvalue weighted by molar-refractivity contribution is 8.13. The fraction of sp³-hybridized carbons (Fsp3) is 0.444. The van der Waals surface area contributed by atoms with Crippen LogP contribution >= 0.6 is 11.8 Å². The maximum absolute atomic E-state index is 11.4. The van der Waals surface area contributed by atoms with Crippen LogP contribution in [0.2, 0.25) is 0 Å². The summed E-state index contributed by atoms with van der Waals surface area (Å²) in [5, 5.41) is 9.23.